The summed E-state index contributed by atoms with van der Waals surface area (Å²) in [7, 11) is 1.90. The van der Waals surface area contributed by atoms with Crippen LogP contribution in [-0.2, 0) is 84.5 Å². The zero-order chi connectivity index (χ0) is 95.2. The quantitative estimate of drug-likeness (QED) is 0.0109. The van der Waals surface area contributed by atoms with Crippen molar-refractivity contribution < 1.29 is 110 Å². The molecule has 0 spiro atoms. The first-order valence-corrected chi connectivity index (χ1v) is 46.4. The first-order chi connectivity index (χ1) is 62.1. The maximum Gasteiger partial charge on any atom is 0.407 e. The molecule has 39 heteroatoms. The molecule has 0 radical (unpaired) electrons. The van der Waals surface area contributed by atoms with E-state index in [0.29, 0.717) is 81.1 Å². The molecular weight excluding hydrogens is 1710 g/mol. The lowest BCUT2D eigenvalue weighted by atomic mass is 9.84. The number of primary amides is 1. The Bertz CT molecular complexity index is 4170. The van der Waals surface area contributed by atoms with E-state index in [-0.39, 0.29) is 157 Å². The van der Waals surface area contributed by atoms with E-state index in [2.05, 4.69) is 71.9 Å². The number of carboxylic acids is 2. The van der Waals surface area contributed by atoms with Gasteiger partial charge in [-0.25, -0.2) is 28.6 Å². The third-order valence-corrected chi connectivity index (χ3v) is 24.2. The van der Waals surface area contributed by atoms with Crippen molar-refractivity contribution in [2.24, 2.45) is 46.7 Å². The average Bonchev–Trinajstić information content (AvgIpc) is 1.62. The summed E-state index contributed by atoms with van der Waals surface area (Å²) in [5.74, 6) is -0.501. The Kier molecular flexibility index (Phi) is 48.0. The molecule has 0 bridgehead atoms. The number of nitrogen functional groups attached to an aromatic ring is 1. The van der Waals surface area contributed by atoms with Crippen LogP contribution in [0.3, 0.4) is 0 Å². The van der Waals surface area contributed by atoms with E-state index in [0.717, 1.165) is 75.7 Å². The van der Waals surface area contributed by atoms with Crippen molar-refractivity contribution in [1.29, 1.82) is 0 Å². The Morgan fingerprint density at radius 1 is 0.662 bits per heavy atom. The predicted molar refractivity (Wildman–Crippen MR) is 483 cm³/mol. The zero-order valence-electron chi connectivity index (χ0n) is 77.0. The summed E-state index contributed by atoms with van der Waals surface area (Å²) in [6, 6.07) is 2.72. The van der Waals surface area contributed by atoms with E-state index >= 15 is 4.79 Å². The first-order valence-electron chi connectivity index (χ1n) is 45.5. The van der Waals surface area contributed by atoms with E-state index in [1.807, 2.05) is 39.6 Å². The summed E-state index contributed by atoms with van der Waals surface area (Å²) in [6.45, 7) is 18.9. The molecule has 2 heterocycles. The molecular formula is C91H140FN15O22S. The number of alkyl carbamates (subject to hydrolysis) is 3. The standard InChI is InChI=1S/C91H140FN15O22S/c1-11-13-14-20-41-107(85(116)78(59(7)12-2)105-82(114)72-26-19-21-40-106(72)10)73(57(3)4)52-74(84-103-71(56-130-84)81(113)100-63(53-91(8,9)86(117)118)50-61-29-32-68(93)67(92)51-61)129-90(122)97-38-37-96-88(120)127-54-60-27-30-62(31-28-60)99-79(111)69(25-22-36-95-87(94)119)102-83(115)77(58(5)6)104-80(112)70(33-34-76(109)110)101-75(108)35-42-123-44-46-125-48-49-126-47-45-124-43-39-98-89(121)128-55-66-64-23-17-15-16-18-24-65(64)66/h27-32,51,56-59,63-66,69-70,72-74,77-78H,11-14,17-26,33-50,52-55,93H2,1-10H3,(H,96,120)(H,97,122)(H,98,121)(H,99,111)(H,100,113)(H,101,108)(H,102,115)(H,104,112)(H,105,114)(H,109,110)(H,117,118)(H3,94,95,119)/t59-,63-,64-,65+,66?,69-,70-,72+,73+,74+,77-,78-/m0/s1. The highest BCUT2D eigenvalue weighted by Crippen LogP contribution is 2.52. The number of fused-ring (bicyclic) bond motifs is 1. The van der Waals surface area contributed by atoms with Gasteiger partial charge in [-0.05, 0) is 163 Å². The zero-order valence-corrected chi connectivity index (χ0v) is 77.8. The monoisotopic (exact) mass is 1850 g/mol. The molecule has 1 aliphatic heterocycles. The molecule has 6 rings (SSSR count). The fourth-order valence-corrected chi connectivity index (χ4v) is 16.3. The molecule has 724 valence electrons. The number of nitrogens with two attached hydrogens (primary N) is 2. The van der Waals surface area contributed by atoms with Crippen molar-refractivity contribution >= 4 is 100 Å². The van der Waals surface area contributed by atoms with Crippen LogP contribution in [0.15, 0.2) is 47.8 Å². The number of unbranched alkanes of at least 4 members (excludes halogenated alkanes) is 3. The minimum absolute atomic E-state index is 0.0220. The van der Waals surface area contributed by atoms with Crippen LogP contribution in [0.5, 0.6) is 0 Å². The smallest absolute Gasteiger partial charge is 0.407 e. The number of halogens is 1. The van der Waals surface area contributed by atoms with Crippen molar-refractivity contribution in [3.63, 3.8) is 0 Å². The van der Waals surface area contributed by atoms with Crippen LogP contribution in [0, 0.1) is 58.6 Å². The minimum Gasteiger partial charge on any atom is -0.481 e. The van der Waals surface area contributed by atoms with Gasteiger partial charge < -0.3 is 113 Å². The largest absolute Gasteiger partial charge is 0.481 e. The Balaban J connectivity index is 1.01. The summed E-state index contributed by atoms with van der Waals surface area (Å²) in [4.78, 5) is 183. The van der Waals surface area contributed by atoms with E-state index in [4.69, 9.17) is 49.6 Å². The van der Waals surface area contributed by atoms with E-state index in [1.165, 1.54) is 43.5 Å². The Hall–Kier alpha value is -10.5. The predicted octanol–water partition coefficient (Wildman–Crippen LogP) is 8.22. The summed E-state index contributed by atoms with van der Waals surface area (Å²) < 4.78 is 54.0. The number of aromatic nitrogens is 1. The van der Waals surface area contributed by atoms with Crippen LogP contribution in [0.2, 0.25) is 0 Å². The SMILES string of the molecule is CCCCCCN(C(=O)[C@@H](NC(=O)[C@H]1CCCCN1C)[C@@H](C)CC)[C@H](C[C@@H](OC(=O)NCCNC(=O)OCc1ccc(NC(=O)[C@H](CCCNC(N)=O)NC(=O)[C@@H](NC(=O)[C@H](CCC(=O)O)NC(=O)CCOCCOCCOCCOCCNC(=O)OCC2[C@H]3CCC#CCC[C@@H]23)C(C)C)cc1)c1nc(C(=O)N[C@@H](Cc2ccc(N)c(F)c2)CC(C)(C)C(=O)O)cs1)C(C)C. The second-order valence-corrected chi connectivity index (χ2v) is 35.5. The van der Waals surface area contributed by atoms with Gasteiger partial charge in [-0.2, -0.15) is 0 Å². The van der Waals surface area contributed by atoms with Crippen LogP contribution in [0.4, 0.5) is 34.9 Å². The van der Waals surface area contributed by atoms with E-state index in [9.17, 15) is 72.1 Å². The highest BCUT2D eigenvalue weighted by Gasteiger charge is 2.49. The summed E-state index contributed by atoms with van der Waals surface area (Å²) in [5.41, 5.74) is 10.7. The molecule has 2 aliphatic carbocycles. The Morgan fingerprint density at radius 3 is 1.91 bits per heavy atom. The van der Waals surface area contributed by atoms with Crippen LogP contribution in [-0.4, -0.2) is 251 Å². The van der Waals surface area contributed by atoms with Crippen molar-refractivity contribution in [2.75, 3.05) is 117 Å². The number of carboxylic acid groups (broad SMARTS) is 2. The number of piperidine rings is 1. The van der Waals surface area contributed by atoms with Gasteiger partial charge in [0.05, 0.1) is 76.6 Å². The maximum atomic E-state index is 15.4. The molecule has 12 amide bonds. The minimum atomic E-state index is -1.40. The molecule has 16 N–H and O–H groups in total. The van der Waals surface area contributed by atoms with Gasteiger partial charge in [0.2, 0.25) is 35.4 Å². The van der Waals surface area contributed by atoms with Gasteiger partial charge in [0.15, 0.2) is 6.10 Å². The van der Waals surface area contributed by atoms with Gasteiger partial charge in [0.1, 0.15) is 47.3 Å². The van der Waals surface area contributed by atoms with Gasteiger partial charge in [-0.3, -0.25) is 48.1 Å². The molecule has 1 unspecified atom stereocenters. The normalized spacial score (nSPS) is 17.2. The van der Waals surface area contributed by atoms with Crippen LogP contribution in [0.1, 0.15) is 217 Å². The molecule has 2 aromatic carbocycles. The first kappa shape index (κ1) is 108. The molecule has 1 saturated heterocycles. The summed E-state index contributed by atoms with van der Waals surface area (Å²) in [6.07, 6.45) is 5.69. The highest BCUT2D eigenvalue weighted by molar-refractivity contribution is 7.09. The summed E-state index contributed by atoms with van der Waals surface area (Å²) >= 11 is 1.01. The third-order valence-electron chi connectivity index (χ3n) is 23.3. The fourth-order valence-electron chi connectivity index (χ4n) is 15.4. The van der Waals surface area contributed by atoms with Crippen molar-refractivity contribution in [1.82, 2.24) is 62.6 Å². The molecule has 3 aliphatic rings. The van der Waals surface area contributed by atoms with Gasteiger partial charge in [0.25, 0.3) is 5.91 Å². The average molecular weight is 1850 g/mol. The molecule has 37 nitrogen and oxygen atoms in total. The third kappa shape index (κ3) is 39.3. The number of thiazole rings is 1. The van der Waals surface area contributed by atoms with Crippen LogP contribution >= 0.6 is 11.3 Å². The number of anilines is 2. The number of carbonyl (C=O) groups is 13. The number of likely N-dealkylation sites (tertiary alicyclic amines) is 1. The van der Waals surface area contributed by atoms with E-state index in [1.54, 1.807) is 36.9 Å². The van der Waals surface area contributed by atoms with Crippen molar-refractivity contribution in [3.05, 3.63) is 75.5 Å². The molecule has 1 aromatic heterocycles. The number of nitrogens with zero attached hydrogens (tertiary/aromatic N) is 3. The van der Waals surface area contributed by atoms with Gasteiger partial charge in [-0.15, -0.1) is 23.2 Å². The maximum absolute atomic E-state index is 15.4. The van der Waals surface area contributed by atoms with Crippen molar-refractivity contribution in [3.8, 4) is 11.8 Å². The lowest BCUT2D eigenvalue weighted by Crippen LogP contribution is -2.59. The van der Waals surface area contributed by atoms with Gasteiger partial charge in [-0.1, -0.05) is 98.8 Å². The van der Waals surface area contributed by atoms with Gasteiger partial charge in [0, 0.05) is 88.0 Å². The summed E-state index contributed by atoms with van der Waals surface area (Å²) in [5, 5.41) is 48.3. The lowest BCUT2D eigenvalue weighted by Gasteiger charge is -2.40. The van der Waals surface area contributed by atoms with Crippen LogP contribution < -0.4 is 64.6 Å². The second kappa shape index (κ2) is 57.6. The fraction of sp³-hybridized carbons (Fsp3) is 0.670. The molecule has 1 saturated carbocycles. The number of ether oxygens (including phenoxy) is 7. The highest BCUT2D eigenvalue weighted by atomic mass is 32.1. The lowest BCUT2D eigenvalue weighted by molar-refractivity contribution is -0.147. The number of rotatable bonds is 60. The molecule has 3 aromatic rings. The Labute approximate surface area is 765 Å². The topological polar surface area (TPSA) is 519 Å². The number of urea groups is 1. The molecule has 2 fully saturated rings. The van der Waals surface area contributed by atoms with Gasteiger partial charge >= 0.3 is 36.2 Å². The van der Waals surface area contributed by atoms with E-state index < -0.39 is 138 Å². The molecule has 130 heavy (non-hydrogen) atoms. The number of nitrogens with one attached hydrogen (secondary N) is 10. The second-order valence-electron chi connectivity index (χ2n) is 34.6. The number of hydrogen-bond donors (Lipinski definition) is 14. The number of hydrogen-bond acceptors (Lipinski definition) is 24. The number of carbonyl (C=O) groups excluding carboxylic acids is 11. The number of amides is 12. The number of likely N-dealkylation sites (N-methyl/N-ethyl adjacent to an activating group) is 1. The number of aliphatic carboxylic acids is 2. The van der Waals surface area contributed by atoms with Crippen molar-refractivity contribution in [2.45, 2.75) is 246 Å². The number of benzene rings is 2. The Morgan fingerprint density at radius 2 is 1.29 bits per heavy atom. The van der Waals surface area contributed by atoms with Crippen LogP contribution in [0.25, 0.3) is 0 Å². The molecule has 12 atom stereocenters.